The van der Waals surface area contributed by atoms with Gasteiger partial charge in [0.15, 0.2) is 5.76 Å². The molecule has 0 spiro atoms. The predicted octanol–water partition coefficient (Wildman–Crippen LogP) is 4.97. The van der Waals surface area contributed by atoms with E-state index in [1.807, 2.05) is 30.0 Å². The molecule has 0 saturated heterocycles. The van der Waals surface area contributed by atoms with Gasteiger partial charge in [0.05, 0.1) is 6.04 Å². The number of benzene rings is 2. The number of nitrogens with zero attached hydrogens (tertiary/aromatic N) is 1. The van der Waals surface area contributed by atoms with Crippen molar-refractivity contribution in [2.75, 3.05) is 13.1 Å². The van der Waals surface area contributed by atoms with Crippen LogP contribution in [0.3, 0.4) is 0 Å². The van der Waals surface area contributed by atoms with Crippen molar-refractivity contribution in [2.45, 2.75) is 39.3 Å². The molecule has 0 unspecified atom stereocenters. The van der Waals surface area contributed by atoms with Crippen LogP contribution in [-0.2, 0) is 17.8 Å². The number of amides is 2. The highest BCUT2D eigenvalue weighted by Crippen LogP contribution is 2.38. The van der Waals surface area contributed by atoms with E-state index in [9.17, 15) is 9.59 Å². The molecular formula is C28H30N2O4. The summed E-state index contributed by atoms with van der Waals surface area (Å²) in [5.41, 5.74) is 4.56. The first-order valence-corrected chi connectivity index (χ1v) is 11.6. The highest BCUT2D eigenvalue weighted by Gasteiger charge is 2.31. The van der Waals surface area contributed by atoms with Gasteiger partial charge in [-0.15, -0.1) is 6.58 Å². The first-order valence-electron chi connectivity index (χ1n) is 11.6. The molecule has 0 bridgehead atoms. The fourth-order valence-corrected chi connectivity index (χ4v) is 4.34. The number of nitrogens with one attached hydrogen (secondary N) is 1. The molecule has 0 fully saturated rings. The monoisotopic (exact) mass is 458 g/mol. The summed E-state index contributed by atoms with van der Waals surface area (Å²) in [4.78, 5) is 26.8. The topological polar surface area (TPSA) is 71.8 Å². The fraction of sp³-hybridized carbons (Fsp3) is 0.286. The summed E-state index contributed by atoms with van der Waals surface area (Å²) in [5, 5.41) is 2.69. The number of ether oxygens (including phenoxy) is 1. The lowest BCUT2D eigenvalue weighted by Crippen LogP contribution is -2.40. The van der Waals surface area contributed by atoms with E-state index in [0.29, 0.717) is 31.0 Å². The van der Waals surface area contributed by atoms with Crippen LogP contribution in [-0.4, -0.2) is 29.8 Å². The molecule has 0 aliphatic carbocycles. The predicted molar refractivity (Wildman–Crippen MR) is 131 cm³/mol. The molecule has 1 aromatic heterocycles. The van der Waals surface area contributed by atoms with Gasteiger partial charge in [0.25, 0.3) is 5.91 Å². The third-order valence-corrected chi connectivity index (χ3v) is 6.00. The molecule has 2 aromatic carbocycles. The van der Waals surface area contributed by atoms with Gasteiger partial charge in [-0.3, -0.25) is 9.59 Å². The summed E-state index contributed by atoms with van der Waals surface area (Å²) in [6, 6.07) is 17.6. The zero-order valence-corrected chi connectivity index (χ0v) is 19.7. The van der Waals surface area contributed by atoms with Crippen LogP contribution in [0.2, 0.25) is 0 Å². The molecule has 0 saturated carbocycles. The SMILES string of the molecule is C=CCNC(=O)c1ccc(COc2ccc3c(c2)[C@H](c2cccc(C)c2)N(C(=O)CC)CC3)o1. The summed E-state index contributed by atoms with van der Waals surface area (Å²) < 4.78 is 11.6. The second-order valence-corrected chi connectivity index (χ2v) is 8.42. The maximum Gasteiger partial charge on any atom is 0.287 e. The van der Waals surface area contributed by atoms with Gasteiger partial charge in [0.1, 0.15) is 18.1 Å². The Morgan fingerprint density at radius 1 is 1.21 bits per heavy atom. The Morgan fingerprint density at radius 3 is 2.82 bits per heavy atom. The van der Waals surface area contributed by atoms with Crippen molar-refractivity contribution in [2.24, 2.45) is 0 Å². The molecule has 1 atom stereocenters. The van der Waals surface area contributed by atoms with Crippen molar-refractivity contribution >= 4 is 11.8 Å². The fourth-order valence-electron chi connectivity index (χ4n) is 4.34. The number of carbonyl (C=O) groups is 2. The Hall–Kier alpha value is -3.80. The number of aryl methyl sites for hydroxylation is 1. The smallest absolute Gasteiger partial charge is 0.287 e. The Morgan fingerprint density at radius 2 is 2.06 bits per heavy atom. The standard InChI is InChI=1S/C28H30N2O4/c1-4-14-29-28(32)25-12-11-23(34-25)18-33-22-10-9-20-13-15-30(26(31)5-2)27(24(20)17-22)21-8-6-7-19(3)16-21/h4,6-12,16-17,27H,1,5,13-15,18H2,2-3H3,(H,29,32)/t27-/m0/s1. The van der Waals surface area contributed by atoms with Gasteiger partial charge in [-0.05, 0) is 54.3 Å². The summed E-state index contributed by atoms with van der Waals surface area (Å²) in [6.07, 6.45) is 2.89. The largest absolute Gasteiger partial charge is 0.486 e. The van der Waals surface area contributed by atoms with E-state index in [-0.39, 0.29) is 30.2 Å². The number of carbonyl (C=O) groups excluding carboxylic acids is 2. The number of furan rings is 1. The summed E-state index contributed by atoms with van der Waals surface area (Å²) in [6.45, 7) is 8.82. The Bertz CT molecular complexity index is 1200. The van der Waals surface area contributed by atoms with E-state index in [4.69, 9.17) is 9.15 Å². The number of rotatable bonds is 8. The van der Waals surface area contributed by atoms with Crippen LogP contribution in [0, 0.1) is 6.92 Å². The van der Waals surface area contributed by atoms with E-state index >= 15 is 0 Å². The quantitative estimate of drug-likeness (QED) is 0.484. The third kappa shape index (κ3) is 5.06. The van der Waals surface area contributed by atoms with Crippen molar-refractivity contribution in [3.8, 4) is 5.75 Å². The first kappa shape index (κ1) is 23.4. The maximum absolute atomic E-state index is 12.8. The molecule has 3 aromatic rings. The zero-order chi connectivity index (χ0) is 24.1. The number of hydrogen-bond acceptors (Lipinski definition) is 4. The molecule has 1 N–H and O–H groups in total. The Balaban J connectivity index is 1.57. The lowest BCUT2D eigenvalue weighted by molar-refractivity contribution is -0.132. The molecule has 34 heavy (non-hydrogen) atoms. The van der Waals surface area contributed by atoms with Crippen LogP contribution in [0.4, 0.5) is 0 Å². The maximum atomic E-state index is 12.8. The average Bonchev–Trinajstić information content (AvgIpc) is 3.34. The van der Waals surface area contributed by atoms with Crippen molar-refractivity contribution in [3.63, 3.8) is 0 Å². The van der Waals surface area contributed by atoms with E-state index in [1.165, 1.54) is 5.56 Å². The normalized spacial score (nSPS) is 14.9. The van der Waals surface area contributed by atoms with Crippen LogP contribution < -0.4 is 10.1 Å². The van der Waals surface area contributed by atoms with Crippen LogP contribution in [0.5, 0.6) is 5.75 Å². The van der Waals surface area contributed by atoms with Gasteiger partial charge >= 0.3 is 0 Å². The van der Waals surface area contributed by atoms with Gasteiger partial charge in [-0.1, -0.05) is 48.9 Å². The second kappa shape index (κ2) is 10.4. The van der Waals surface area contributed by atoms with E-state index in [0.717, 1.165) is 23.1 Å². The van der Waals surface area contributed by atoms with Crippen molar-refractivity contribution in [1.29, 1.82) is 0 Å². The summed E-state index contributed by atoms with van der Waals surface area (Å²) >= 11 is 0. The zero-order valence-electron chi connectivity index (χ0n) is 19.7. The molecule has 1 aliphatic rings. The average molecular weight is 459 g/mol. The summed E-state index contributed by atoms with van der Waals surface area (Å²) in [5.74, 6) is 1.33. The highest BCUT2D eigenvalue weighted by molar-refractivity contribution is 5.91. The summed E-state index contributed by atoms with van der Waals surface area (Å²) in [7, 11) is 0. The first-order chi connectivity index (χ1) is 16.5. The molecule has 2 heterocycles. The molecule has 6 nitrogen and oxygen atoms in total. The van der Waals surface area contributed by atoms with Gasteiger partial charge in [0.2, 0.25) is 5.91 Å². The van der Waals surface area contributed by atoms with Gasteiger partial charge in [-0.2, -0.15) is 0 Å². The molecule has 4 rings (SSSR count). The van der Waals surface area contributed by atoms with Crippen LogP contribution >= 0.6 is 0 Å². The van der Waals surface area contributed by atoms with Crippen molar-refractivity contribution < 1.29 is 18.7 Å². The highest BCUT2D eigenvalue weighted by atomic mass is 16.5. The van der Waals surface area contributed by atoms with E-state index in [2.05, 4.69) is 43.1 Å². The molecule has 1 aliphatic heterocycles. The molecule has 176 valence electrons. The molecular weight excluding hydrogens is 428 g/mol. The minimum atomic E-state index is -0.290. The number of hydrogen-bond donors (Lipinski definition) is 1. The molecule has 0 radical (unpaired) electrons. The lowest BCUT2D eigenvalue weighted by Gasteiger charge is -2.38. The molecule has 2 amide bonds. The van der Waals surface area contributed by atoms with Gasteiger partial charge < -0.3 is 19.4 Å². The third-order valence-electron chi connectivity index (χ3n) is 6.00. The van der Waals surface area contributed by atoms with Crippen molar-refractivity contribution in [1.82, 2.24) is 10.2 Å². The second-order valence-electron chi connectivity index (χ2n) is 8.42. The van der Waals surface area contributed by atoms with Crippen LogP contribution in [0.25, 0.3) is 0 Å². The van der Waals surface area contributed by atoms with Crippen LogP contribution in [0.1, 0.15) is 58.0 Å². The molecule has 6 heteroatoms. The minimum absolute atomic E-state index is 0.140. The van der Waals surface area contributed by atoms with Gasteiger partial charge in [0, 0.05) is 19.5 Å². The van der Waals surface area contributed by atoms with Crippen LogP contribution in [0.15, 0.2) is 71.7 Å². The Kier molecular flexibility index (Phi) is 7.16. The van der Waals surface area contributed by atoms with E-state index < -0.39 is 0 Å². The number of fused-ring (bicyclic) bond motifs is 1. The Labute approximate surface area is 200 Å². The van der Waals surface area contributed by atoms with Gasteiger partial charge in [-0.25, -0.2) is 0 Å². The lowest BCUT2D eigenvalue weighted by atomic mass is 9.87. The minimum Gasteiger partial charge on any atom is -0.486 e. The van der Waals surface area contributed by atoms with E-state index in [1.54, 1.807) is 18.2 Å². The van der Waals surface area contributed by atoms with Crippen molar-refractivity contribution in [3.05, 3.63) is 101 Å².